The van der Waals surface area contributed by atoms with E-state index >= 15 is 0 Å². The van der Waals surface area contributed by atoms with Crippen LogP contribution in [-0.2, 0) is 0 Å². The predicted molar refractivity (Wildman–Crippen MR) is 203 cm³/mol. The van der Waals surface area contributed by atoms with Crippen molar-refractivity contribution in [2.45, 2.75) is 108 Å². The second kappa shape index (κ2) is 15.3. The van der Waals surface area contributed by atoms with Gasteiger partial charge < -0.3 is 19.3 Å². The highest BCUT2D eigenvalue weighted by molar-refractivity contribution is 5.51. The molecule has 0 aliphatic heterocycles. The molecular weight excluding hydrogens is 604 g/mol. The van der Waals surface area contributed by atoms with E-state index in [2.05, 4.69) is 65.8 Å². The van der Waals surface area contributed by atoms with Crippen LogP contribution in [-0.4, -0.2) is 12.2 Å². The summed E-state index contributed by atoms with van der Waals surface area (Å²) >= 11 is 0. The molecule has 49 heavy (non-hydrogen) atoms. The molecule has 4 heteroatoms. The van der Waals surface area contributed by atoms with Crippen molar-refractivity contribution in [1.82, 2.24) is 0 Å². The Morgan fingerprint density at radius 3 is 1.18 bits per heavy atom. The molecule has 0 amide bonds. The Labute approximate surface area is 295 Å². The summed E-state index contributed by atoms with van der Waals surface area (Å²) in [7, 11) is 1.70. The van der Waals surface area contributed by atoms with Gasteiger partial charge in [-0.1, -0.05) is 41.8 Å². The number of fused-ring (bicyclic) bond motifs is 5. The third kappa shape index (κ3) is 8.28. The Balaban J connectivity index is 0.000000150. The van der Waals surface area contributed by atoms with Gasteiger partial charge in [0.1, 0.15) is 34.5 Å². The van der Waals surface area contributed by atoms with Gasteiger partial charge in [-0.3, -0.25) is 0 Å². The third-order valence-corrected chi connectivity index (χ3v) is 11.1. The molecule has 0 heterocycles. The minimum atomic E-state index is 0.338. The molecule has 0 aromatic heterocycles. The lowest BCUT2D eigenvalue weighted by Crippen LogP contribution is -2.15. The monoisotopic (exact) mass is 662 g/mol. The number of rotatable bonds is 5. The topological polar surface area (TPSA) is 47.9 Å². The maximum atomic E-state index is 9.79. The first kappa shape index (κ1) is 36.4. The maximum absolute atomic E-state index is 9.79. The van der Waals surface area contributed by atoms with Gasteiger partial charge in [0.15, 0.2) is 0 Å². The first-order valence-corrected chi connectivity index (χ1v) is 18.2. The molecule has 3 saturated carbocycles. The van der Waals surface area contributed by atoms with E-state index in [4.69, 9.17) is 14.2 Å². The lowest BCUT2D eigenvalue weighted by molar-refractivity contribution is 0.259. The molecule has 0 saturated heterocycles. The highest BCUT2D eigenvalue weighted by Crippen LogP contribution is 2.58. The van der Waals surface area contributed by atoms with Crippen LogP contribution in [0.2, 0.25) is 0 Å². The van der Waals surface area contributed by atoms with E-state index < -0.39 is 0 Å². The fourth-order valence-electron chi connectivity index (χ4n) is 9.18. The van der Waals surface area contributed by atoms with Gasteiger partial charge in [0.05, 0.1) is 7.11 Å². The lowest BCUT2D eigenvalue weighted by atomic mass is 9.82. The Morgan fingerprint density at radius 2 is 0.816 bits per heavy atom. The standard InChI is InChI=1S/C18H22O2.C17H20O2.C10H16/c1-11-7-12(2)18(13(3)8-11)20-16-9-14(4)17(19-6)15(5)10-16;1-10-6-13(4)17(14(5)7-10)19-15-8-11(2)16(18)12(3)9-15;1-2-9-7-4-5-8(6-7)10(9)3-1/h7-10H,1-6H3;6-9,18H,1-5H3;7-10H,1-6H2. The van der Waals surface area contributed by atoms with Gasteiger partial charge in [-0.05, 0) is 194 Å². The van der Waals surface area contributed by atoms with Gasteiger partial charge in [-0.25, -0.2) is 0 Å². The summed E-state index contributed by atoms with van der Waals surface area (Å²) in [5, 5.41) is 9.79. The number of hydrogen-bond donors (Lipinski definition) is 1. The van der Waals surface area contributed by atoms with E-state index in [1.807, 2.05) is 52.0 Å². The molecule has 3 fully saturated rings. The molecule has 4 aromatic rings. The molecule has 0 spiro atoms. The molecule has 2 bridgehead atoms. The van der Waals surface area contributed by atoms with Gasteiger partial charge >= 0.3 is 0 Å². The summed E-state index contributed by atoms with van der Waals surface area (Å²) in [6, 6.07) is 16.3. The molecular formula is C45H58O4. The first-order valence-electron chi connectivity index (χ1n) is 18.2. The van der Waals surface area contributed by atoms with Gasteiger partial charge in [0, 0.05) is 0 Å². The third-order valence-electron chi connectivity index (χ3n) is 11.1. The summed E-state index contributed by atoms with van der Waals surface area (Å²) in [6.07, 6.45) is 9.53. The Bertz CT molecular complexity index is 1690. The maximum Gasteiger partial charge on any atom is 0.133 e. The number of ether oxygens (including phenoxy) is 3. The van der Waals surface area contributed by atoms with E-state index in [0.29, 0.717) is 5.75 Å². The van der Waals surface area contributed by atoms with E-state index in [0.717, 1.165) is 73.3 Å². The van der Waals surface area contributed by atoms with E-state index in [1.54, 1.807) is 45.6 Å². The van der Waals surface area contributed by atoms with Crippen LogP contribution in [0.4, 0.5) is 0 Å². The quantitative estimate of drug-likeness (QED) is 0.231. The number of methoxy groups -OCH3 is 1. The summed E-state index contributed by atoms with van der Waals surface area (Å²) in [5.74, 6) is 9.53. The summed E-state index contributed by atoms with van der Waals surface area (Å²) in [5.41, 5.74) is 10.9. The SMILES string of the molecule is C1CC2C3CCC(C3)C2C1.COc1c(C)cc(Oc2c(C)cc(C)cc2C)cc1C.Cc1cc(C)c(Oc2cc(C)c(O)c(C)c2)c(C)c1. The van der Waals surface area contributed by atoms with E-state index in [-0.39, 0.29) is 0 Å². The number of aryl methyl sites for hydroxylation is 10. The molecule has 4 unspecified atom stereocenters. The van der Waals surface area contributed by atoms with Gasteiger partial charge in [-0.2, -0.15) is 0 Å². The van der Waals surface area contributed by atoms with Crippen molar-refractivity contribution in [3.05, 3.63) is 104 Å². The lowest BCUT2D eigenvalue weighted by Gasteiger charge is -2.23. The van der Waals surface area contributed by atoms with Gasteiger partial charge in [-0.15, -0.1) is 0 Å². The van der Waals surface area contributed by atoms with Crippen molar-refractivity contribution in [3.8, 4) is 34.5 Å². The minimum absolute atomic E-state index is 0.338. The number of phenols is 1. The molecule has 1 N–H and O–H groups in total. The second-order valence-corrected chi connectivity index (χ2v) is 15.2. The van der Waals surface area contributed by atoms with Crippen LogP contribution in [0.25, 0.3) is 0 Å². The van der Waals surface area contributed by atoms with Crippen LogP contribution >= 0.6 is 0 Å². The molecule has 4 atom stereocenters. The molecule has 4 aromatic carbocycles. The highest BCUT2D eigenvalue weighted by atomic mass is 16.5. The summed E-state index contributed by atoms with van der Waals surface area (Å²) < 4.78 is 17.5. The molecule has 3 aliphatic rings. The first-order chi connectivity index (χ1) is 23.2. The molecule has 262 valence electrons. The summed E-state index contributed by atoms with van der Waals surface area (Å²) in [6.45, 7) is 20.3. The van der Waals surface area contributed by atoms with Crippen molar-refractivity contribution < 1.29 is 19.3 Å². The average Bonchev–Trinajstić information content (AvgIpc) is 3.77. The second-order valence-electron chi connectivity index (χ2n) is 15.2. The summed E-state index contributed by atoms with van der Waals surface area (Å²) in [4.78, 5) is 0. The van der Waals surface area contributed by atoms with E-state index in [1.165, 1.54) is 34.8 Å². The Morgan fingerprint density at radius 1 is 0.469 bits per heavy atom. The zero-order chi connectivity index (χ0) is 35.6. The minimum Gasteiger partial charge on any atom is -0.507 e. The molecule has 3 aliphatic carbocycles. The normalized spacial score (nSPS) is 20.1. The highest BCUT2D eigenvalue weighted by Gasteiger charge is 2.48. The fourth-order valence-corrected chi connectivity index (χ4v) is 9.18. The van der Waals surface area contributed by atoms with Crippen LogP contribution in [0.15, 0.2) is 48.5 Å². The number of hydrogen-bond acceptors (Lipinski definition) is 4. The van der Waals surface area contributed by atoms with Crippen molar-refractivity contribution in [2.24, 2.45) is 23.7 Å². The van der Waals surface area contributed by atoms with Crippen molar-refractivity contribution in [1.29, 1.82) is 0 Å². The van der Waals surface area contributed by atoms with Crippen LogP contribution < -0.4 is 14.2 Å². The molecule has 7 rings (SSSR count). The Hall–Kier alpha value is -3.92. The zero-order valence-electron chi connectivity index (χ0n) is 31.8. The van der Waals surface area contributed by atoms with Crippen LogP contribution in [0.5, 0.6) is 34.5 Å². The van der Waals surface area contributed by atoms with Crippen LogP contribution in [0.3, 0.4) is 0 Å². The van der Waals surface area contributed by atoms with Gasteiger partial charge in [0.2, 0.25) is 0 Å². The Kier molecular flexibility index (Phi) is 11.4. The van der Waals surface area contributed by atoms with Gasteiger partial charge in [0.25, 0.3) is 0 Å². The number of aromatic hydroxyl groups is 1. The van der Waals surface area contributed by atoms with Crippen molar-refractivity contribution in [3.63, 3.8) is 0 Å². The fraction of sp³-hybridized carbons (Fsp3) is 0.467. The molecule has 4 nitrogen and oxygen atoms in total. The average molecular weight is 663 g/mol. The van der Waals surface area contributed by atoms with Crippen molar-refractivity contribution in [2.75, 3.05) is 7.11 Å². The largest absolute Gasteiger partial charge is 0.507 e. The van der Waals surface area contributed by atoms with Crippen molar-refractivity contribution >= 4 is 0 Å². The zero-order valence-corrected chi connectivity index (χ0v) is 31.8. The van der Waals surface area contributed by atoms with E-state index in [9.17, 15) is 5.11 Å². The van der Waals surface area contributed by atoms with Crippen LogP contribution in [0.1, 0.15) is 94.2 Å². The smallest absolute Gasteiger partial charge is 0.133 e. The van der Waals surface area contributed by atoms with Crippen LogP contribution in [0, 0.1) is 92.9 Å². The number of phenolic OH excluding ortho intramolecular Hbond substituents is 1. The molecule has 0 radical (unpaired) electrons. The predicted octanol–water partition coefficient (Wildman–Crippen LogP) is 12.6. The number of benzene rings is 4.